The zero-order valence-corrected chi connectivity index (χ0v) is 46.1. The first-order valence-corrected chi connectivity index (χ1v) is 30.9. The van der Waals surface area contributed by atoms with Crippen molar-refractivity contribution in [2.24, 2.45) is 0 Å². The van der Waals surface area contributed by atoms with Gasteiger partial charge in [-0.25, -0.2) is 0 Å². The van der Waals surface area contributed by atoms with E-state index in [1.165, 1.54) is 276 Å². The van der Waals surface area contributed by atoms with E-state index in [9.17, 15) is 19.8 Å². The van der Waals surface area contributed by atoms with Crippen molar-refractivity contribution in [3.8, 4) is 0 Å². The summed E-state index contributed by atoms with van der Waals surface area (Å²) < 4.78 is 5.47. The van der Waals surface area contributed by atoms with Crippen molar-refractivity contribution in [2.45, 2.75) is 360 Å². The molecule has 0 aromatic heterocycles. The summed E-state index contributed by atoms with van der Waals surface area (Å²) in [5, 5.41) is 23.3. The molecule has 0 aromatic rings. The number of ether oxygens (including phenoxy) is 1. The molecular formula is C62H121NO5. The van der Waals surface area contributed by atoms with Crippen molar-refractivity contribution in [3.63, 3.8) is 0 Å². The molecule has 0 aliphatic heterocycles. The van der Waals surface area contributed by atoms with Crippen molar-refractivity contribution in [1.29, 1.82) is 0 Å². The minimum atomic E-state index is -0.666. The van der Waals surface area contributed by atoms with Gasteiger partial charge in [-0.3, -0.25) is 9.59 Å². The first-order valence-electron chi connectivity index (χ1n) is 30.9. The van der Waals surface area contributed by atoms with Gasteiger partial charge in [0, 0.05) is 12.8 Å². The van der Waals surface area contributed by atoms with E-state index in [4.69, 9.17) is 4.74 Å². The van der Waals surface area contributed by atoms with Crippen LogP contribution in [0.25, 0.3) is 0 Å². The molecule has 0 heterocycles. The van der Waals surface area contributed by atoms with E-state index in [2.05, 4.69) is 31.3 Å². The summed E-state index contributed by atoms with van der Waals surface area (Å²) in [6, 6.07) is -0.544. The van der Waals surface area contributed by atoms with Gasteiger partial charge in [0.2, 0.25) is 5.91 Å². The maximum atomic E-state index is 12.5. The Kier molecular flexibility index (Phi) is 57.0. The summed E-state index contributed by atoms with van der Waals surface area (Å²) in [7, 11) is 0. The molecule has 0 radical (unpaired) electrons. The Labute approximate surface area is 425 Å². The molecule has 0 aliphatic rings. The Morgan fingerprint density at radius 1 is 0.397 bits per heavy atom. The van der Waals surface area contributed by atoms with Crippen LogP contribution in [-0.2, 0) is 14.3 Å². The highest BCUT2D eigenvalue weighted by Crippen LogP contribution is 2.18. The van der Waals surface area contributed by atoms with Gasteiger partial charge in [0.25, 0.3) is 0 Å². The molecule has 0 rings (SSSR count). The number of allylic oxidation sites excluding steroid dienone is 2. The van der Waals surface area contributed by atoms with Crippen LogP contribution < -0.4 is 5.32 Å². The maximum Gasteiger partial charge on any atom is 0.305 e. The first-order chi connectivity index (χ1) is 33.5. The monoisotopic (exact) mass is 960 g/mol. The van der Waals surface area contributed by atoms with Crippen molar-refractivity contribution >= 4 is 11.9 Å². The fourth-order valence-corrected chi connectivity index (χ4v) is 9.81. The zero-order chi connectivity index (χ0) is 49.3. The Balaban J connectivity index is 3.40. The summed E-state index contributed by atoms with van der Waals surface area (Å²) in [4.78, 5) is 24.5. The smallest absolute Gasteiger partial charge is 0.305 e. The quantitative estimate of drug-likeness (QED) is 0.0321. The Bertz CT molecular complexity index is 1020. The fraction of sp³-hybridized carbons (Fsp3) is 0.935. The van der Waals surface area contributed by atoms with Crippen LogP contribution in [0.5, 0.6) is 0 Å². The molecule has 0 saturated carbocycles. The summed E-state index contributed by atoms with van der Waals surface area (Å²) in [6.45, 7) is 4.97. The highest BCUT2D eigenvalue weighted by Gasteiger charge is 2.20. The summed E-state index contributed by atoms with van der Waals surface area (Å²) in [5.41, 5.74) is 0. The molecule has 6 nitrogen and oxygen atoms in total. The number of unbranched alkanes of at least 4 members (excludes halogenated alkanes) is 45. The van der Waals surface area contributed by atoms with Crippen LogP contribution in [0, 0.1) is 0 Å². The van der Waals surface area contributed by atoms with E-state index >= 15 is 0 Å². The second-order valence-electron chi connectivity index (χ2n) is 21.4. The second-order valence-corrected chi connectivity index (χ2v) is 21.4. The number of aliphatic hydroxyl groups is 2. The fourth-order valence-electron chi connectivity index (χ4n) is 9.81. The molecule has 68 heavy (non-hydrogen) atoms. The van der Waals surface area contributed by atoms with Crippen molar-refractivity contribution in [2.75, 3.05) is 13.2 Å². The van der Waals surface area contributed by atoms with Crippen molar-refractivity contribution < 1.29 is 24.5 Å². The van der Waals surface area contributed by atoms with Crippen LogP contribution in [0.1, 0.15) is 348 Å². The molecule has 0 bridgehead atoms. The SMILES string of the molecule is CCCCCCCCCCCCCCCCCCC(O)C(CO)NC(=O)CCCCCCCCCC/C=C\CCCCCCCCCCCCCCOC(=O)CCCCCCCCCCCCC. The van der Waals surface area contributed by atoms with Gasteiger partial charge in [-0.1, -0.05) is 296 Å². The van der Waals surface area contributed by atoms with Gasteiger partial charge in [0.05, 0.1) is 25.4 Å². The lowest BCUT2D eigenvalue weighted by Gasteiger charge is -2.22. The number of amides is 1. The van der Waals surface area contributed by atoms with Gasteiger partial charge in [-0.15, -0.1) is 0 Å². The number of carbonyl (C=O) groups excluding carboxylic acids is 2. The molecule has 0 saturated heterocycles. The van der Waals surface area contributed by atoms with E-state index in [1.54, 1.807) is 0 Å². The molecule has 2 unspecified atom stereocenters. The third kappa shape index (κ3) is 53.9. The predicted octanol–water partition coefficient (Wildman–Crippen LogP) is 19.2. The van der Waals surface area contributed by atoms with Crippen molar-refractivity contribution in [1.82, 2.24) is 5.32 Å². The number of esters is 1. The standard InChI is InChI=1S/C62H121NO5/c1-3-5-7-9-11-13-15-16-17-28-31-35-38-42-46-50-54-60(65)59(58-64)63-61(66)55-51-47-43-39-36-32-29-26-24-22-20-18-19-21-23-25-27-30-33-37-41-45-49-53-57-68-62(67)56-52-48-44-40-34-14-12-10-8-6-4-2/h20,22,59-60,64-65H,3-19,21,23-58H2,1-2H3,(H,63,66)/b22-20-. The average molecular weight is 961 g/mol. The van der Waals surface area contributed by atoms with Crippen LogP contribution in [0.2, 0.25) is 0 Å². The van der Waals surface area contributed by atoms with E-state index < -0.39 is 12.1 Å². The molecular weight excluding hydrogens is 839 g/mol. The predicted molar refractivity (Wildman–Crippen MR) is 297 cm³/mol. The minimum absolute atomic E-state index is 0.0128. The van der Waals surface area contributed by atoms with Gasteiger partial charge in [0.1, 0.15) is 0 Å². The van der Waals surface area contributed by atoms with E-state index in [-0.39, 0.29) is 18.5 Å². The Morgan fingerprint density at radius 3 is 1.04 bits per heavy atom. The first kappa shape index (κ1) is 66.6. The number of hydrogen-bond acceptors (Lipinski definition) is 5. The number of nitrogens with one attached hydrogen (secondary N) is 1. The third-order valence-corrected chi connectivity index (χ3v) is 14.6. The van der Waals surface area contributed by atoms with E-state index in [1.807, 2.05) is 0 Å². The lowest BCUT2D eigenvalue weighted by molar-refractivity contribution is -0.143. The highest BCUT2D eigenvalue weighted by molar-refractivity contribution is 5.76. The maximum absolute atomic E-state index is 12.5. The Hall–Kier alpha value is -1.40. The number of hydrogen-bond donors (Lipinski definition) is 3. The van der Waals surface area contributed by atoms with Gasteiger partial charge in [-0.2, -0.15) is 0 Å². The zero-order valence-electron chi connectivity index (χ0n) is 46.1. The van der Waals surface area contributed by atoms with Crippen LogP contribution in [-0.4, -0.2) is 47.4 Å². The summed E-state index contributed by atoms with van der Waals surface area (Å²) >= 11 is 0. The largest absolute Gasteiger partial charge is 0.466 e. The van der Waals surface area contributed by atoms with E-state index in [0.29, 0.717) is 25.9 Å². The van der Waals surface area contributed by atoms with E-state index in [0.717, 1.165) is 38.5 Å². The molecule has 6 heteroatoms. The normalized spacial score (nSPS) is 12.6. The van der Waals surface area contributed by atoms with Crippen LogP contribution in [0.15, 0.2) is 12.2 Å². The van der Waals surface area contributed by atoms with Gasteiger partial charge < -0.3 is 20.3 Å². The molecule has 1 amide bonds. The van der Waals surface area contributed by atoms with Crippen LogP contribution in [0.4, 0.5) is 0 Å². The van der Waals surface area contributed by atoms with Gasteiger partial charge in [-0.05, 0) is 51.4 Å². The lowest BCUT2D eigenvalue weighted by Crippen LogP contribution is -2.45. The van der Waals surface area contributed by atoms with Crippen molar-refractivity contribution in [3.05, 3.63) is 12.2 Å². The van der Waals surface area contributed by atoms with Gasteiger partial charge in [0.15, 0.2) is 0 Å². The summed E-state index contributed by atoms with van der Waals surface area (Å²) in [5.74, 6) is -0.0240. The summed E-state index contributed by atoms with van der Waals surface area (Å²) in [6.07, 6.45) is 69.3. The molecule has 0 spiro atoms. The molecule has 0 aliphatic carbocycles. The number of rotatable bonds is 58. The minimum Gasteiger partial charge on any atom is -0.466 e. The third-order valence-electron chi connectivity index (χ3n) is 14.6. The van der Waals surface area contributed by atoms with Crippen LogP contribution in [0.3, 0.4) is 0 Å². The number of carbonyl (C=O) groups is 2. The number of aliphatic hydroxyl groups excluding tert-OH is 2. The molecule has 0 aromatic carbocycles. The molecule has 2 atom stereocenters. The topological polar surface area (TPSA) is 95.9 Å². The van der Waals surface area contributed by atoms with Gasteiger partial charge >= 0.3 is 5.97 Å². The average Bonchev–Trinajstić information content (AvgIpc) is 3.34. The molecule has 3 N–H and O–H groups in total. The molecule has 404 valence electrons. The van der Waals surface area contributed by atoms with Crippen LogP contribution >= 0.6 is 0 Å². The highest BCUT2D eigenvalue weighted by atomic mass is 16.5. The Morgan fingerprint density at radius 2 is 0.691 bits per heavy atom. The second kappa shape index (κ2) is 58.2. The lowest BCUT2D eigenvalue weighted by atomic mass is 10.0. The molecule has 0 fully saturated rings.